The number of nitrogens with one attached hydrogen (secondary N) is 1. The van der Waals surface area contributed by atoms with Gasteiger partial charge in [0.2, 0.25) is 0 Å². The lowest BCUT2D eigenvalue weighted by molar-refractivity contribution is 0.0907. The molecule has 0 aliphatic heterocycles. The highest BCUT2D eigenvalue weighted by Gasteiger charge is 1.95. The number of hydrogen-bond acceptors (Lipinski definition) is 4. The van der Waals surface area contributed by atoms with Gasteiger partial charge in [-0.05, 0) is 30.7 Å². The zero-order valence-corrected chi connectivity index (χ0v) is 10.3. The van der Waals surface area contributed by atoms with Gasteiger partial charge in [0.05, 0.1) is 20.3 Å². The van der Waals surface area contributed by atoms with Gasteiger partial charge in [0.15, 0.2) is 0 Å². The van der Waals surface area contributed by atoms with E-state index in [0.29, 0.717) is 13.2 Å². The van der Waals surface area contributed by atoms with Crippen LogP contribution in [-0.2, 0) is 11.3 Å². The summed E-state index contributed by atoms with van der Waals surface area (Å²) < 4.78 is 10.3. The fourth-order valence-corrected chi connectivity index (χ4v) is 1.48. The van der Waals surface area contributed by atoms with Gasteiger partial charge in [-0.25, -0.2) is 0 Å². The van der Waals surface area contributed by atoms with Crippen molar-refractivity contribution in [3.05, 3.63) is 29.8 Å². The second kappa shape index (κ2) is 8.98. The van der Waals surface area contributed by atoms with E-state index in [-0.39, 0.29) is 6.61 Å². The molecule has 0 aliphatic carbocycles. The highest BCUT2D eigenvalue weighted by atomic mass is 16.5. The van der Waals surface area contributed by atoms with E-state index in [4.69, 9.17) is 14.6 Å². The van der Waals surface area contributed by atoms with Gasteiger partial charge in [-0.1, -0.05) is 12.1 Å². The van der Waals surface area contributed by atoms with Gasteiger partial charge in [-0.2, -0.15) is 0 Å². The average Bonchev–Trinajstić information content (AvgIpc) is 2.38. The van der Waals surface area contributed by atoms with Crippen LogP contribution in [0.4, 0.5) is 0 Å². The smallest absolute Gasteiger partial charge is 0.119 e. The molecule has 0 saturated heterocycles. The van der Waals surface area contributed by atoms with Crippen molar-refractivity contribution in [2.45, 2.75) is 13.0 Å². The molecule has 1 rings (SSSR count). The van der Waals surface area contributed by atoms with E-state index in [1.807, 2.05) is 18.2 Å². The summed E-state index contributed by atoms with van der Waals surface area (Å²) >= 11 is 0. The first-order valence-electron chi connectivity index (χ1n) is 5.89. The fourth-order valence-electron chi connectivity index (χ4n) is 1.48. The minimum atomic E-state index is 0.0945. The Bertz CT molecular complexity index is 304. The van der Waals surface area contributed by atoms with E-state index in [1.165, 1.54) is 5.56 Å². The summed E-state index contributed by atoms with van der Waals surface area (Å²) in [7, 11) is 1.67. The van der Waals surface area contributed by atoms with Crippen LogP contribution in [-0.4, -0.2) is 38.6 Å². The summed E-state index contributed by atoms with van der Waals surface area (Å²) in [6.45, 7) is 2.94. The van der Waals surface area contributed by atoms with Crippen LogP contribution in [0.2, 0.25) is 0 Å². The number of benzene rings is 1. The van der Waals surface area contributed by atoms with Crippen molar-refractivity contribution in [3.63, 3.8) is 0 Å². The molecule has 4 heteroatoms. The molecule has 1 aromatic rings. The Labute approximate surface area is 103 Å². The van der Waals surface area contributed by atoms with E-state index in [2.05, 4.69) is 11.4 Å². The number of rotatable bonds is 9. The molecule has 0 unspecified atom stereocenters. The molecule has 1 aromatic carbocycles. The van der Waals surface area contributed by atoms with Crippen molar-refractivity contribution in [1.82, 2.24) is 5.32 Å². The Hall–Kier alpha value is -1.10. The first-order chi connectivity index (χ1) is 8.36. The molecular weight excluding hydrogens is 218 g/mol. The van der Waals surface area contributed by atoms with Gasteiger partial charge in [-0.15, -0.1) is 0 Å². The summed E-state index contributed by atoms with van der Waals surface area (Å²) in [6, 6.07) is 8.01. The zero-order valence-electron chi connectivity index (χ0n) is 10.3. The highest BCUT2D eigenvalue weighted by molar-refractivity contribution is 5.28. The molecule has 96 valence electrons. The van der Waals surface area contributed by atoms with Gasteiger partial charge in [0.1, 0.15) is 5.75 Å². The molecule has 2 N–H and O–H groups in total. The van der Waals surface area contributed by atoms with Crippen molar-refractivity contribution in [1.29, 1.82) is 0 Å². The van der Waals surface area contributed by atoms with Crippen molar-refractivity contribution in [3.8, 4) is 5.75 Å². The summed E-state index contributed by atoms with van der Waals surface area (Å²) in [4.78, 5) is 0. The second-order valence-electron chi connectivity index (χ2n) is 3.72. The maximum atomic E-state index is 8.51. The SMILES string of the molecule is COc1cccc(CNCCCOCCO)c1. The van der Waals surface area contributed by atoms with Crippen LogP contribution in [0.5, 0.6) is 5.75 Å². The molecular formula is C13H21NO3. The van der Waals surface area contributed by atoms with E-state index in [1.54, 1.807) is 7.11 Å². The summed E-state index contributed by atoms with van der Waals surface area (Å²) in [6.07, 6.45) is 0.948. The predicted octanol–water partition coefficient (Wildman–Crippen LogP) is 1.18. The van der Waals surface area contributed by atoms with Crippen molar-refractivity contribution in [2.24, 2.45) is 0 Å². The van der Waals surface area contributed by atoms with Crippen LogP contribution in [0.1, 0.15) is 12.0 Å². The van der Waals surface area contributed by atoms with E-state index < -0.39 is 0 Å². The van der Waals surface area contributed by atoms with Gasteiger partial charge in [0, 0.05) is 13.2 Å². The minimum Gasteiger partial charge on any atom is -0.497 e. The third-order valence-electron chi connectivity index (χ3n) is 2.34. The summed E-state index contributed by atoms with van der Waals surface area (Å²) in [5.74, 6) is 0.885. The van der Waals surface area contributed by atoms with Gasteiger partial charge in [0.25, 0.3) is 0 Å². The topological polar surface area (TPSA) is 50.7 Å². The molecule has 0 aliphatic rings. The predicted molar refractivity (Wildman–Crippen MR) is 67.2 cm³/mol. The van der Waals surface area contributed by atoms with Crippen LogP contribution >= 0.6 is 0 Å². The third kappa shape index (κ3) is 6.26. The molecule has 0 aromatic heterocycles. The quantitative estimate of drug-likeness (QED) is 0.635. The number of ether oxygens (including phenoxy) is 2. The number of methoxy groups -OCH3 is 1. The number of aliphatic hydroxyl groups is 1. The lowest BCUT2D eigenvalue weighted by atomic mass is 10.2. The van der Waals surface area contributed by atoms with Crippen molar-refractivity contribution < 1.29 is 14.6 Å². The first-order valence-corrected chi connectivity index (χ1v) is 5.89. The largest absolute Gasteiger partial charge is 0.497 e. The molecule has 0 bridgehead atoms. The van der Waals surface area contributed by atoms with E-state index in [0.717, 1.165) is 25.3 Å². The van der Waals surface area contributed by atoms with E-state index in [9.17, 15) is 0 Å². The summed E-state index contributed by atoms with van der Waals surface area (Å²) in [5, 5.41) is 11.8. The summed E-state index contributed by atoms with van der Waals surface area (Å²) in [5.41, 5.74) is 1.21. The van der Waals surface area contributed by atoms with Crippen LogP contribution in [0.15, 0.2) is 24.3 Å². The Morgan fingerprint density at radius 3 is 2.94 bits per heavy atom. The Morgan fingerprint density at radius 1 is 1.29 bits per heavy atom. The second-order valence-corrected chi connectivity index (χ2v) is 3.72. The van der Waals surface area contributed by atoms with Crippen LogP contribution in [0.25, 0.3) is 0 Å². The number of hydrogen-bond donors (Lipinski definition) is 2. The highest BCUT2D eigenvalue weighted by Crippen LogP contribution is 2.11. The number of aliphatic hydroxyl groups excluding tert-OH is 1. The third-order valence-corrected chi connectivity index (χ3v) is 2.34. The standard InChI is InChI=1S/C13H21NO3/c1-16-13-5-2-4-12(10-13)11-14-6-3-8-17-9-7-15/h2,4-5,10,14-15H,3,6-9,11H2,1H3. The van der Waals surface area contributed by atoms with Crippen LogP contribution in [0, 0.1) is 0 Å². The zero-order chi connectivity index (χ0) is 12.3. The Kier molecular flexibility index (Phi) is 7.38. The van der Waals surface area contributed by atoms with Crippen LogP contribution < -0.4 is 10.1 Å². The van der Waals surface area contributed by atoms with Crippen molar-refractivity contribution >= 4 is 0 Å². The molecule has 0 atom stereocenters. The molecule has 4 nitrogen and oxygen atoms in total. The van der Waals surface area contributed by atoms with Crippen LogP contribution in [0.3, 0.4) is 0 Å². The lowest BCUT2D eigenvalue weighted by Gasteiger charge is -2.06. The Morgan fingerprint density at radius 2 is 2.18 bits per heavy atom. The minimum absolute atomic E-state index is 0.0945. The monoisotopic (exact) mass is 239 g/mol. The normalized spacial score (nSPS) is 10.5. The molecule has 17 heavy (non-hydrogen) atoms. The molecule has 0 amide bonds. The van der Waals surface area contributed by atoms with Gasteiger partial charge in [-0.3, -0.25) is 0 Å². The first kappa shape index (κ1) is 14.0. The van der Waals surface area contributed by atoms with Gasteiger partial charge < -0.3 is 19.9 Å². The average molecular weight is 239 g/mol. The van der Waals surface area contributed by atoms with E-state index >= 15 is 0 Å². The van der Waals surface area contributed by atoms with Crippen molar-refractivity contribution in [2.75, 3.05) is 33.5 Å². The lowest BCUT2D eigenvalue weighted by Crippen LogP contribution is -2.16. The van der Waals surface area contributed by atoms with Gasteiger partial charge >= 0.3 is 0 Å². The molecule has 0 radical (unpaired) electrons. The Balaban J connectivity index is 2.09. The molecule has 0 spiro atoms. The fraction of sp³-hybridized carbons (Fsp3) is 0.538. The maximum absolute atomic E-state index is 8.51. The maximum Gasteiger partial charge on any atom is 0.119 e. The molecule has 0 saturated carbocycles. The molecule has 0 heterocycles. The molecule has 0 fully saturated rings.